The van der Waals surface area contributed by atoms with Crippen molar-refractivity contribution in [3.8, 4) is 0 Å². The average Bonchev–Trinajstić information content (AvgIpc) is 2.70. The van der Waals surface area contributed by atoms with E-state index >= 15 is 0 Å². The molecule has 5 nitrogen and oxygen atoms in total. The lowest BCUT2D eigenvalue weighted by Gasteiger charge is -2.28. The monoisotopic (exact) mass is 369 g/mol. The standard InChI is InChI=1S/C21H24FN3O2/c22-18-6-8-19(9-7-18)25-21(27)17-12-16(13-23-14-17)20(26)24-11-10-15-4-2-1-3-5-15/h1-9,16-17,23H,10-14H2,(H,24,26)(H,25,27)/t16-,17+/m0/s1. The van der Waals surface area contributed by atoms with Gasteiger partial charge in [0.1, 0.15) is 5.82 Å². The Balaban J connectivity index is 1.47. The molecular weight excluding hydrogens is 345 g/mol. The van der Waals surface area contributed by atoms with Crippen LogP contribution in [0.5, 0.6) is 0 Å². The van der Waals surface area contributed by atoms with Crippen molar-refractivity contribution in [3.63, 3.8) is 0 Å². The van der Waals surface area contributed by atoms with Crippen molar-refractivity contribution in [2.45, 2.75) is 12.8 Å². The summed E-state index contributed by atoms with van der Waals surface area (Å²) in [6, 6.07) is 15.6. The first-order valence-corrected chi connectivity index (χ1v) is 9.20. The number of halogens is 1. The van der Waals surface area contributed by atoms with Gasteiger partial charge in [-0.15, -0.1) is 0 Å². The van der Waals surface area contributed by atoms with Crippen LogP contribution in [-0.4, -0.2) is 31.4 Å². The van der Waals surface area contributed by atoms with Crippen molar-refractivity contribution >= 4 is 17.5 Å². The van der Waals surface area contributed by atoms with E-state index in [0.717, 1.165) is 6.42 Å². The summed E-state index contributed by atoms with van der Waals surface area (Å²) < 4.78 is 13.0. The smallest absolute Gasteiger partial charge is 0.228 e. The fraction of sp³-hybridized carbons (Fsp3) is 0.333. The van der Waals surface area contributed by atoms with Crippen LogP contribution in [0.3, 0.4) is 0 Å². The zero-order valence-electron chi connectivity index (χ0n) is 15.1. The normalized spacial score (nSPS) is 19.3. The maximum atomic E-state index is 13.0. The first-order chi connectivity index (χ1) is 13.1. The van der Waals surface area contributed by atoms with E-state index in [2.05, 4.69) is 16.0 Å². The van der Waals surface area contributed by atoms with Gasteiger partial charge in [0.15, 0.2) is 0 Å². The molecule has 6 heteroatoms. The van der Waals surface area contributed by atoms with Crippen molar-refractivity contribution in [2.75, 3.05) is 25.0 Å². The van der Waals surface area contributed by atoms with Gasteiger partial charge in [-0.25, -0.2) is 4.39 Å². The number of anilines is 1. The van der Waals surface area contributed by atoms with Gasteiger partial charge in [-0.3, -0.25) is 9.59 Å². The van der Waals surface area contributed by atoms with E-state index in [-0.39, 0.29) is 29.5 Å². The number of rotatable bonds is 6. The van der Waals surface area contributed by atoms with E-state index in [1.165, 1.54) is 29.8 Å². The molecule has 27 heavy (non-hydrogen) atoms. The van der Waals surface area contributed by atoms with Crippen LogP contribution in [0.2, 0.25) is 0 Å². The van der Waals surface area contributed by atoms with Gasteiger partial charge in [0.05, 0.1) is 11.8 Å². The lowest BCUT2D eigenvalue weighted by atomic mass is 9.89. The lowest BCUT2D eigenvalue weighted by Crippen LogP contribution is -2.47. The molecular formula is C21H24FN3O2. The molecule has 3 N–H and O–H groups in total. The molecule has 1 heterocycles. The number of hydrogen-bond donors (Lipinski definition) is 3. The zero-order chi connectivity index (χ0) is 19.1. The minimum absolute atomic E-state index is 0.0299. The predicted molar refractivity (Wildman–Crippen MR) is 103 cm³/mol. The molecule has 0 unspecified atom stereocenters. The third-order valence-electron chi connectivity index (χ3n) is 4.76. The number of benzene rings is 2. The van der Waals surface area contributed by atoms with Crippen molar-refractivity contribution in [3.05, 3.63) is 66.0 Å². The van der Waals surface area contributed by atoms with Crippen molar-refractivity contribution < 1.29 is 14.0 Å². The summed E-state index contributed by atoms with van der Waals surface area (Å²) >= 11 is 0. The summed E-state index contributed by atoms with van der Waals surface area (Å²) in [5.41, 5.74) is 1.73. The molecule has 142 valence electrons. The van der Waals surface area contributed by atoms with Crippen LogP contribution in [0.15, 0.2) is 54.6 Å². The first kappa shape index (κ1) is 19.0. The number of carbonyl (C=O) groups excluding carboxylic acids is 2. The number of carbonyl (C=O) groups is 2. The van der Waals surface area contributed by atoms with E-state index in [9.17, 15) is 14.0 Å². The summed E-state index contributed by atoms with van der Waals surface area (Å²) in [5, 5.41) is 8.92. The topological polar surface area (TPSA) is 70.2 Å². The van der Waals surface area contributed by atoms with E-state index in [1.807, 2.05) is 30.3 Å². The Bertz CT molecular complexity index is 765. The highest BCUT2D eigenvalue weighted by atomic mass is 19.1. The number of piperidine rings is 1. The molecule has 2 aromatic carbocycles. The Hall–Kier alpha value is -2.73. The van der Waals surface area contributed by atoms with Crippen molar-refractivity contribution in [2.24, 2.45) is 11.8 Å². The van der Waals surface area contributed by atoms with Crippen LogP contribution in [0.1, 0.15) is 12.0 Å². The second kappa shape index (κ2) is 9.28. The van der Waals surface area contributed by atoms with Gasteiger partial charge in [0.25, 0.3) is 0 Å². The van der Waals surface area contributed by atoms with Gasteiger partial charge in [-0.1, -0.05) is 30.3 Å². The van der Waals surface area contributed by atoms with Gasteiger partial charge >= 0.3 is 0 Å². The highest BCUT2D eigenvalue weighted by molar-refractivity contribution is 5.93. The number of amides is 2. The molecule has 2 aromatic rings. The highest BCUT2D eigenvalue weighted by Gasteiger charge is 2.31. The Morgan fingerprint density at radius 3 is 2.33 bits per heavy atom. The zero-order valence-corrected chi connectivity index (χ0v) is 15.1. The van der Waals surface area contributed by atoms with E-state index < -0.39 is 0 Å². The summed E-state index contributed by atoms with van der Waals surface area (Å²) in [4.78, 5) is 24.9. The second-order valence-corrected chi connectivity index (χ2v) is 6.81. The molecule has 0 spiro atoms. The predicted octanol–water partition coefficient (Wildman–Crippen LogP) is 2.35. The average molecular weight is 369 g/mol. The fourth-order valence-corrected chi connectivity index (χ4v) is 3.24. The highest BCUT2D eigenvalue weighted by Crippen LogP contribution is 2.19. The molecule has 1 saturated heterocycles. The minimum Gasteiger partial charge on any atom is -0.355 e. The molecule has 2 amide bonds. The third kappa shape index (κ3) is 5.62. The molecule has 0 aromatic heterocycles. The Labute approximate surface area is 158 Å². The van der Waals surface area contributed by atoms with Gasteiger partial charge in [-0.2, -0.15) is 0 Å². The van der Waals surface area contributed by atoms with Crippen LogP contribution in [0.25, 0.3) is 0 Å². The summed E-state index contributed by atoms with van der Waals surface area (Å²) in [6.07, 6.45) is 1.28. The van der Waals surface area contributed by atoms with Crippen LogP contribution >= 0.6 is 0 Å². The quantitative estimate of drug-likeness (QED) is 0.732. The Morgan fingerprint density at radius 2 is 1.63 bits per heavy atom. The molecule has 2 atom stereocenters. The maximum Gasteiger partial charge on any atom is 0.228 e. The van der Waals surface area contributed by atoms with Gasteiger partial charge in [0.2, 0.25) is 11.8 Å². The molecule has 0 aliphatic carbocycles. The van der Waals surface area contributed by atoms with Gasteiger partial charge in [0, 0.05) is 25.3 Å². The number of hydrogen-bond acceptors (Lipinski definition) is 3. The van der Waals surface area contributed by atoms with E-state index in [4.69, 9.17) is 0 Å². The van der Waals surface area contributed by atoms with E-state index in [1.54, 1.807) is 0 Å². The lowest BCUT2D eigenvalue weighted by molar-refractivity contribution is -0.127. The molecule has 0 saturated carbocycles. The molecule has 1 fully saturated rings. The SMILES string of the molecule is O=C(NCCc1ccccc1)[C@@H]1CNC[C@H](C(=O)Nc2ccc(F)cc2)C1. The third-order valence-corrected chi connectivity index (χ3v) is 4.76. The van der Waals surface area contributed by atoms with Gasteiger partial charge < -0.3 is 16.0 Å². The molecule has 3 rings (SSSR count). The van der Waals surface area contributed by atoms with Crippen LogP contribution in [0, 0.1) is 17.7 Å². The second-order valence-electron chi connectivity index (χ2n) is 6.81. The summed E-state index contributed by atoms with van der Waals surface area (Å²) in [5.74, 6) is -1.07. The fourth-order valence-electron chi connectivity index (χ4n) is 3.24. The van der Waals surface area contributed by atoms with Crippen LogP contribution in [-0.2, 0) is 16.0 Å². The van der Waals surface area contributed by atoms with Crippen LogP contribution < -0.4 is 16.0 Å². The maximum absolute atomic E-state index is 13.0. The van der Waals surface area contributed by atoms with Crippen molar-refractivity contribution in [1.82, 2.24) is 10.6 Å². The number of nitrogens with one attached hydrogen (secondary N) is 3. The minimum atomic E-state index is -0.348. The van der Waals surface area contributed by atoms with Crippen molar-refractivity contribution in [1.29, 1.82) is 0 Å². The first-order valence-electron chi connectivity index (χ1n) is 9.20. The molecule has 0 radical (unpaired) electrons. The largest absolute Gasteiger partial charge is 0.355 e. The Kier molecular flexibility index (Phi) is 6.54. The molecule has 0 bridgehead atoms. The van der Waals surface area contributed by atoms with Crippen LogP contribution in [0.4, 0.5) is 10.1 Å². The Morgan fingerprint density at radius 1 is 0.963 bits per heavy atom. The summed E-state index contributed by atoms with van der Waals surface area (Å²) in [6.45, 7) is 1.67. The van der Waals surface area contributed by atoms with Gasteiger partial charge in [-0.05, 0) is 42.7 Å². The summed E-state index contributed by atoms with van der Waals surface area (Å²) in [7, 11) is 0. The molecule has 1 aliphatic rings. The molecule has 1 aliphatic heterocycles. The van der Waals surface area contributed by atoms with E-state index in [0.29, 0.717) is 31.7 Å².